The van der Waals surface area contributed by atoms with Crippen LogP contribution in [0.1, 0.15) is 57.2 Å². The molecule has 3 heteroatoms. The summed E-state index contributed by atoms with van der Waals surface area (Å²) in [6.45, 7) is 4.48. The van der Waals surface area contributed by atoms with E-state index in [2.05, 4.69) is 26.0 Å². The first kappa shape index (κ1) is 14.2. The second-order valence-corrected chi connectivity index (χ2v) is 6.15. The summed E-state index contributed by atoms with van der Waals surface area (Å²) in [6, 6.07) is 10.2. The Hall–Kier alpha value is -1.77. The Morgan fingerprint density at radius 2 is 1.81 bits per heavy atom. The molecule has 1 saturated carbocycles. The molecule has 2 aromatic rings. The molecule has 3 nitrogen and oxygen atoms in total. The Morgan fingerprint density at radius 3 is 2.38 bits per heavy atom. The molecule has 1 aliphatic rings. The van der Waals surface area contributed by atoms with Crippen molar-refractivity contribution < 1.29 is 0 Å². The molecule has 1 aromatic heterocycles. The van der Waals surface area contributed by atoms with Gasteiger partial charge in [-0.15, -0.1) is 0 Å². The number of hydrogen-bond donors (Lipinski definition) is 1. The van der Waals surface area contributed by atoms with Gasteiger partial charge in [-0.3, -0.25) is 0 Å². The van der Waals surface area contributed by atoms with Gasteiger partial charge in [-0.05, 0) is 37.8 Å². The van der Waals surface area contributed by atoms with Crippen LogP contribution in [0.15, 0.2) is 30.3 Å². The highest BCUT2D eigenvalue weighted by atomic mass is 15.3. The van der Waals surface area contributed by atoms with Crippen LogP contribution in [0.4, 0.5) is 5.82 Å². The van der Waals surface area contributed by atoms with Gasteiger partial charge in [0, 0.05) is 11.0 Å². The third kappa shape index (κ3) is 2.25. The molecule has 2 N–H and O–H groups in total. The highest BCUT2D eigenvalue weighted by molar-refractivity contribution is 5.52. The fourth-order valence-corrected chi connectivity index (χ4v) is 3.81. The summed E-state index contributed by atoms with van der Waals surface area (Å²) in [5.74, 6) is 0.818. The van der Waals surface area contributed by atoms with E-state index in [0.29, 0.717) is 0 Å². The number of nitrogen functional groups attached to an aromatic ring is 1. The van der Waals surface area contributed by atoms with E-state index in [1.54, 1.807) is 0 Å². The van der Waals surface area contributed by atoms with Crippen molar-refractivity contribution >= 4 is 5.82 Å². The molecule has 0 saturated heterocycles. The van der Waals surface area contributed by atoms with Crippen LogP contribution in [0.25, 0.3) is 5.69 Å². The number of rotatable bonds is 4. The lowest BCUT2D eigenvalue weighted by molar-refractivity contribution is 0.406. The van der Waals surface area contributed by atoms with Gasteiger partial charge < -0.3 is 5.73 Å². The number of nitrogens with zero attached hydrogens (tertiary/aromatic N) is 2. The zero-order valence-electron chi connectivity index (χ0n) is 13.1. The van der Waals surface area contributed by atoms with Crippen molar-refractivity contribution in [3.8, 4) is 5.69 Å². The molecule has 0 bridgehead atoms. The fraction of sp³-hybridized carbons (Fsp3) is 0.500. The van der Waals surface area contributed by atoms with Crippen molar-refractivity contribution in [3.05, 3.63) is 41.6 Å². The maximum absolute atomic E-state index is 6.43. The topological polar surface area (TPSA) is 43.8 Å². The number of aromatic nitrogens is 2. The molecule has 3 rings (SSSR count). The van der Waals surface area contributed by atoms with Crippen molar-refractivity contribution in [2.24, 2.45) is 0 Å². The van der Waals surface area contributed by atoms with Gasteiger partial charge in [0.05, 0.1) is 11.4 Å². The van der Waals surface area contributed by atoms with Gasteiger partial charge in [-0.1, -0.05) is 44.9 Å². The van der Waals surface area contributed by atoms with Crippen molar-refractivity contribution in [2.75, 3.05) is 5.73 Å². The first-order valence-corrected chi connectivity index (χ1v) is 8.15. The largest absolute Gasteiger partial charge is 0.383 e. The van der Waals surface area contributed by atoms with Crippen molar-refractivity contribution in [2.45, 2.75) is 57.8 Å². The minimum Gasteiger partial charge on any atom is -0.383 e. The number of para-hydroxylation sites is 1. The van der Waals surface area contributed by atoms with E-state index in [9.17, 15) is 0 Å². The first-order valence-electron chi connectivity index (χ1n) is 8.15. The van der Waals surface area contributed by atoms with E-state index in [0.717, 1.165) is 24.3 Å². The minimum atomic E-state index is 0.249. The van der Waals surface area contributed by atoms with Crippen molar-refractivity contribution in [1.82, 2.24) is 9.78 Å². The van der Waals surface area contributed by atoms with Crippen LogP contribution < -0.4 is 5.73 Å². The SMILES string of the molecule is CCc1c(C2(CC)CCCC2)nn(-c2ccccc2)c1N. The monoisotopic (exact) mass is 283 g/mol. The average Bonchev–Trinajstić information content (AvgIpc) is 3.13. The van der Waals surface area contributed by atoms with E-state index in [4.69, 9.17) is 10.8 Å². The Labute approximate surface area is 127 Å². The van der Waals surface area contributed by atoms with Crippen LogP contribution in [0, 0.1) is 0 Å². The summed E-state index contributed by atoms with van der Waals surface area (Å²) < 4.78 is 1.93. The summed E-state index contributed by atoms with van der Waals surface area (Å²) >= 11 is 0. The second-order valence-electron chi connectivity index (χ2n) is 6.15. The average molecular weight is 283 g/mol. The van der Waals surface area contributed by atoms with Gasteiger partial charge in [0.1, 0.15) is 5.82 Å². The van der Waals surface area contributed by atoms with Crippen LogP contribution in [-0.2, 0) is 11.8 Å². The molecule has 1 aromatic carbocycles. The van der Waals surface area contributed by atoms with Crippen molar-refractivity contribution in [3.63, 3.8) is 0 Å². The van der Waals surface area contributed by atoms with Gasteiger partial charge in [-0.2, -0.15) is 5.10 Å². The Balaban J connectivity index is 2.14. The highest BCUT2D eigenvalue weighted by Crippen LogP contribution is 2.45. The van der Waals surface area contributed by atoms with E-state index in [1.165, 1.54) is 36.9 Å². The molecule has 21 heavy (non-hydrogen) atoms. The Kier molecular flexibility index (Phi) is 3.75. The molecule has 1 aliphatic carbocycles. The summed E-state index contributed by atoms with van der Waals surface area (Å²) in [7, 11) is 0. The second kappa shape index (κ2) is 5.55. The van der Waals surface area contributed by atoms with Gasteiger partial charge >= 0.3 is 0 Å². The molecule has 0 aliphatic heterocycles. The van der Waals surface area contributed by atoms with Crippen LogP contribution in [0.2, 0.25) is 0 Å². The maximum Gasteiger partial charge on any atom is 0.130 e. The van der Waals surface area contributed by atoms with Gasteiger partial charge in [0.15, 0.2) is 0 Å². The number of hydrogen-bond acceptors (Lipinski definition) is 2. The van der Waals surface area contributed by atoms with E-state index in [-0.39, 0.29) is 5.41 Å². The Morgan fingerprint density at radius 1 is 1.14 bits per heavy atom. The molecule has 0 unspecified atom stereocenters. The van der Waals surface area contributed by atoms with Gasteiger partial charge in [0.2, 0.25) is 0 Å². The van der Waals surface area contributed by atoms with Crippen LogP contribution in [0.3, 0.4) is 0 Å². The highest BCUT2D eigenvalue weighted by Gasteiger charge is 2.38. The number of nitrogens with two attached hydrogens (primary N) is 1. The van der Waals surface area contributed by atoms with E-state index >= 15 is 0 Å². The number of benzene rings is 1. The summed E-state index contributed by atoms with van der Waals surface area (Å²) in [4.78, 5) is 0. The molecule has 112 valence electrons. The molecule has 0 radical (unpaired) electrons. The molecule has 1 fully saturated rings. The zero-order valence-corrected chi connectivity index (χ0v) is 13.1. The quantitative estimate of drug-likeness (QED) is 0.912. The van der Waals surface area contributed by atoms with Crippen LogP contribution in [0.5, 0.6) is 0 Å². The van der Waals surface area contributed by atoms with E-state index < -0.39 is 0 Å². The van der Waals surface area contributed by atoms with Gasteiger partial charge in [0.25, 0.3) is 0 Å². The number of anilines is 1. The van der Waals surface area contributed by atoms with Crippen LogP contribution in [-0.4, -0.2) is 9.78 Å². The molecule has 0 amide bonds. The lowest BCUT2D eigenvalue weighted by Crippen LogP contribution is -2.23. The van der Waals surface area contributed by atoms with Crippen LogP contribution >= 0.6 is 0 Å². The van der Waals surface area contributed by atoms with E-state index in [1.807, 2.05) is 22.9 Å². The predicted octanol–water partition coefficient (Wildman–Crippen LogP) is 4.24. The fourth-order valence-electron chi connectivity index (χ4n) is 3.81. The molecule has 1 heterocycles. The summed E-state index contributed by atoms with van der Waals surface area (Å²) in [6.07, 6.45) is 7.24. The third-order valence-corrected chi connectivity index (χ3v) is 5.12. The third-order valence-electron chi connectivity index (χ3n) is 5.12. The molecule has 0 atom stereocenters. The van der Waals surface area contributed by atoms with Crippen molar-refractivity contribution in [1.29, 1.82) is 0 Å². The molecular formula is C18H25N3. The summed E-state index contributed by atoms with van der Waals surface area (Å²) in [5, 5.41) is 4.97. The normalized spacial score (nSPS) is 17.2. The Bertz CT molecular complexity index is 607. The minimum absolute atomic E-state index is 0.249. The lowest BCUT2D eigenvalue weighted by Gasteiger charge is -2.26. The first-order chi connectivity index (χ1) is 10.2. The molecular weight excluding hydrogens is 258 g/mol. The summed E-state index contributed by atoms with van der Waals surface area (Å²) in [5.41, 5.74) is 10.2. The lowest BCUT2D eigenvalue weighted by atomic mass is 9.78. The zero-order chi connectivity index (χ0) is 14.9. The maximum atomic E-state index is 6.43. The van der Waals surface area contributed by atoms with Gasteiger partial charge in [-0.25, -0.2) is 4.68 Å². The molecule has 0 spiro atoms. The smallest absolute Gasteiger partial charge is 0.130 e. The standard InChI is InChI=1S/C18H25N3/c1-3-15-16(18(4-2)12-8-9-13-18)20-21(17(15)19)14-10-6-5-7-11-14/h5-7,10-11H,3-4,8-9,12-13,19H2,1-2H3. The predicted molar refractivity (Wildman–Crippen MR) is 87.8 cm³/mol.